The normalized spacial score (nSPS) is 9.79. The number of hydrogen-bond donors (Lipinski definition) is 2. The number of aryl methyl sites for hydroxylation is 1. The van der Waals surface area contributed by atoms with Crippen molar-refractivity contribution < 1.29 is 4.79 Å². The van der Waals surface area contributed by atoms with Crippen LogP contribution in [0, 0.1) is 0 Å². The molecule has 1 aromatic heterocycles. The largest absolute Gasteiger partial charge is 0.388 e. The molecule has 1 aromatic rings. The molecule has 0 radical (unpaired) electrons. The van der Waals surface area contributed by atoms with E-state index in [9.17, 15) is 4.79 Å². The van der Waals surface area contributed by atoms with Gasteiger partial charge in [-0.05, 0) is 12.1 Å². The summed E-state index contributed by atoms with van der Waals surface area (Å²) in [5, 5.41) is 2.56. The first-order valence-electron chi connectivity index (χ1n) is 4.30. The molecule has 1 amide bonds. The van der Waals surface area contributed by atoms with E-state index in [0.717, 1.165) is 5.69 Å². The summed E-state index contributed by atoms with van der Waals surface area (Å²) >= 11 is 4.87. The Bertz CT molecular complexity index is 346. The monoisotopic (exact) mass is 211 g/mol. The number of rotatable bonds is 4. The van der Waals surface area contributed by atoms with Gasteiger partial charge in [-0.1, -0.05) is 12.2 Å². The van der Waals surface area contributed by atoms with E-state index in [2.05, 4.69) is 5.32 Å². The van der Waals surface area contributed by atoms with Gasteiger partial charge in [-0.2, -0.15) is 0 Å². The van der Waals surface area contributed by atoms with Crippen LogP contribution in [0.2, 0.25) is 0 Å². The zero-order valence-electron chi connectivity index (χ0n) is 7.99. The maximum absolute atomic E-state index is 11.0. The molecule has 4 nitrogen and oxygen atoms in total. The van der Waals surface area contributed by atoms with Gasteiger partial charge in [0.25, 0.3) is 0 Å². The van der Waals surface area contributed by atoms with Crippen LogP contribution in [-0.4, -0.2) is 22.5 Å². The molecule has 14 heavy (non-hydrogen) atoms. The Kier molecular flexibility index (Phi) is 3.64. The lowest BCUT2D eigenvalue weighted by Gasteiger charge is -2.06. The molecule has 0 aliphatic rings. The first kappa shape index (κ1) is 10.7. The van der Waals surface area contributed by atoms with Gasteiger partial charge in [0.1, 0.15) is 4.99 Å². The number of aromatic nitrogens is 1. The van der Waals surface area contributed by atoms with E-state index >= 15 is 0 Å². The molecule has 0 atom stereocenters. The van der Waals surface area contributed by atoms with Crippen molar-refractivity contribution in [3.05, 3.63) is 24.0 Å². The lowest BCUT2D eigenvalue weighted by Crippen LogP contribution is -2.21. The summed E-state index contributed by atoms with van der Waals surface area (Å²) in [4.78, 5) is 11.4. The minimum atomic E-state index is 0.00703. The van der Waals surface area contributed by atoms with Crippen LogP contribution in [0.4, 0.5) is 0 Å². The zero-order chi connectivity index (χ0) is 10.6. The summed E-state index contributed by atoms with van der Waals surface area (Å²) < 4.78 is 1.87. The zero-order valence-corrected chi connectivity index (χ0v) is 8.80. The van der Waals surface area contributed by atoms with Crippen LogP contribution in [0.5, 0.6) is 0 Å². The lowest BCUT2D eigenvalue weighted by molar-refractivity contribution is -0.120. The second-order valence-electron chi connectivity index (χ2n) is 2.87. The first-order valence-corrected chi connectivity index (χ1v) is 4.71. The Hall–Kier alpha value is -1.36. The van der Waals surface area contributed by atoms with E-state index in [-0.39, 0.29) is 5.91 Å². The van der Waals surface area contributed by atoms with E-state index < -0.39 is 0 Å². The Morgan fingerprint density at radius 1 is 1.71 bits per heavy atom. The summed E-state index contributed by atoms with van der Waals surface area (Å²) in [6.07, 6.45) is 2.29. The molecule has 0 spiro atoms. The fraction of sp³-hybridized carbons (Fsp3) is 0.333. The van der Waals surface area contributed by atoms with Crippen LogP contribution in [-0.2, 0) is 11.3 Å². The van der Waals surface area contributed by atoms with Gasteiger partial charge in [-0.25, -0.2) is 0 Å². The number of nitrogens with two attached hydrogens (primary N) is 1. The number of hydrogen-bond acceptors (Lipinski definition) is 2. The van der Waals surface area contributed by atoms with E-state index in [1.165, 1.54) is 0 Å². The third kappa shape index (κ3) is 2.56. The van der Waals surface area contributed by atoms with Crippen molar-refractivity contribution in [2.45, 2.75) is 13.0 Å². The van der Waals surface area contributed by atoms with Gasteiger partial charge in [0.2, 0.25) is 5.91 Å². The van der Waals surface area contributed by atoms with Crippen molar-refractivity contribution >= 4 is 23.1 Å². The van der Waals surface area contributed by atoms with Crippen molar-refractivity contribution in [3.8, 4) is 0 Å². The van der Waals surface area contributed by atoms with E-state index in [0.29, 0.717) is 18.0 Å². The van der Waals surface area contributed by atoms with Gasteiger partial charge in [0, 0.05) is 26.2 Å². The number of nitrogens with zero attached hydrogens (tertiary/aromatic N) is 1. The molecule has 5 heteroatoms. The highest BCUT2D eigenvalue weighted by Gasteiger charge is 2.04. The molecule has 0 saturated heterocycles. The van der Waals surface area contributed by atoms with Crippen molar-refractivity contribution in [1.82, 2.24) is 9.88 Å². The topological polar surface area (TPSA) is 60.0 Å². The van der Waals surface area contributed by atoms with Gasteiger partial charge in [-0.15, -0.1) is 0 Å². The molecule has 3 N–H and O–H groups in total. The third-order valence-electron chi connectivity index (χ3n) is 1.94. The third-order valence-corrected chi connectivity index (χ3v) is 2.15. The number of amides is 1. The maximum Gasteiger partial charge on any atom is 0.221 e. The Morgan fingerprint density at radius 2 is 2.43 bits per heavy atom. The molecule has 76 valence electrons. The summed E-state index contributed by atoms with van der Waals surface area (Å²) in [6.45, 7) is 0.597. The van der Waals surface area contributed by atoms with Crippen LogP contribution < -0.4 is 11.1 Å². The molecule has 0 saturated carbocycles. The standard InChI is InChI=1S/C9H13N3OS/c1-11-8(13)4-6-12-5-2-3-7(12)9(10)14/h2-3,5H,4,6H2,1H3,(H2,10,14)(H,11,13). The summed E-state index contributed by atoms with van der Waals surface area (Å²) in [6, 6.07) is 3.70. The number of carbonyl (C=O) groups is 1. The Balaban J connectivity index is 2.63. The first-order chi connectivity index (χ1) is 6.65. The minimum absolute atomic E-state index is 0.00703. The predicted molar refractivity (Wildman–Crippen MR) is 59.0 cm³/mol. The average molecular weight is 211 g/mol. The second-order valence-corrected chi connectivity index (χ2v) is 3.31. The highest BCUT2D eigenvalue weighted by atomic mass is 32.1. The van der Waals surface area contributed by atoms with Crippen LogP contribution in [0.15, 0.2) is 18.3 Å². The molecule has 0 unspecified atom stereocenters. The molecule has 0 aliphatic heterocycles. The number of thiocarbonyl (C=S) groups is 1. The van der Waals surface area contributed by atoms with Crippen LogP contribution in [0.1, 0.15) is 12.1 Å². The van der Waals surface area contributed by atoms with Crippen LogP contribution >= 0.6 is 12.2 Å². The van der Waals surface area contributed by atoms with Crippen molar-refractivity contribution in [2.75, 3.05) is 7.05 Å². The Morgan fingerprint density at radius 3 is 3.00 bits per heavy atom. The molecule has 0 aromatic carbocycles. The summed E-state index contributed by atoms with van der Waals surface area (Å²) in [5.74, 6) is 0.00703. The summed E-state index contributed by atoms with van der Waals surface area (Å²) in [5.41, 5.74) is 6.30. The molecule has 1 rings (SSSR count). The fourth-order valence-electron chi connectivity index (χ4n) is 1.18. The van der Waals surface area contributed by atoms with Crippen LogP contribution in [0.25, 0.3) is 0 Å². The second kappa shape index (κ2) is 4.76. The van der Waals surface area contributed by atoms with Crippen molar-refractivity contribution in [2.24, 2.45) is 5.73 Å². The van der Waals surface area contributed by atoms with Crippen molar-refractivity contribution in [1.29, 1.82) is 0 Å². The van der Waals surface area contributed by atoms with Gasteiger partial charge < -0.3 is 15.6 Å². The highest BCUT2D eigenvalue weighted by Crippen LogP contribution is 2.03. The van der Waals surface area contributed by atoms with E-state index in [1.54, 1.807) is 7.05 Å². The summed E-state index contributed by atoms with van der Waals surface area (Å²) in [7, 11) is 1.62. The highest BCUT2D eigenvalue weighted by molar-refractivity contribution is 7.80. The maximum atomic E-state index is 11.0. The average Bonchev–Trinajstić information content (AvgIpc) is 2.62. The predicted octanol–water partition coefficient (Wildman–Crippen LogP) is 0.258. The molecule has 0 fully saturated rings. The van der Waals surface area contributed by atoms with Crippen molar-refractivity contribution in [3.63, 3.8) is 0 Å². The fourth-order valence-corrected chi connectivity index (χ4v) is 1.37. The molecular formula is C9H13N3OS. The quantitative estimate of drug-likeness (QED) is 0.702. The van der Waals surface area contributed by atoms with Gasteiger partial charge in [0.15, 0.2) is 0 Å². The van der Waals surface area contributed by atoms with E-state index in [4.69, 9.17) is 18.0 Å². The molecule has 1 heterocycles. The number of nitrogens with one attached hydrogen (secondary N) is 1. The molecule has 0 bridgehead atoms. The van der Waals surface area contributed by atoms with Gasteiger partial charge in [-0.3, -0.25) is 4.79 Å². The smallest absolute Gasteiger partial charge is 0.221 e. The van der Waals surface area contributed by atoms with Gasteiger partial charge in [0.05, 0.1) is 5.69 Å². The molecular weight excluding hydrogens is 198 g/mol. The van der Waals surface area contributed by atoms with Crippen LogP contribution in [0.3, 0.4) is 0 Å². The number of carbonyl (C=O) groups excluding carboxylic acids is 1. The lowest BCUT2D eigenvalue weighted by atomic mass is 10.3. The van der Waals surface area contributed by atoms with Gasteiger partial charge >= 0.3 is 0 Å². The Labute approximate surface area is 88.1 Å². The minimum Gasteiger partial charge on any atom is -0.388 e. The SMILES string of the molecule is CNC(=O)CCn1cccc1C(N)=S. The van der Waals surface area contributed by atoms with E-state index in [1.807, 2.05) is 22.9 Å². The molecule has 0 aliphatic carbocycles.